The predicted molar refractivity (Wildman–Crippen MR) is 83.2 cm³/mol. The van der Waals surface area contributed by atoms with E-state index in [2.05, 4.69) is 25.7 Å². The lowest BCUT2D eigenvalue weighted by Crippen LogP contribution is -2.39. The van der Waals surface area contributed by atoms with Gasteiger partial charge in [0.2, 0.25) is 0 Å². The monoisotopic (exact) mass is 308 g/mol. The van der Waals surface area contributed by atoms with Crippen molar-refractivity contribution in [3.8, 4) is 5.69 Å². The van der Waals surface area contributed by atoms with Gasteiger partial charge in [0.1, 0.15) is 12.7 Å². The maximum atomic E-state index is 12.7. The van der Waals surface area contributed by atoms with Crippen molar-refractivity contribution in [2.75, 3.05) is 0 Å². The second kappa shape index (κ2) is 5.68. The Morgan fingerprint density at radius 3 is 2.96 bits per heavy atom. The molecule has 7 nitrogen and oxygen atoms in total. The zero-order chi connectivity index (χ0) is 15.6. The first kappa shape index (κ1) is 13.7. The molecular formula is C16H16N6O. The average molecular weight is 308 g/mol. The summed E-state index contributed by atoms with van der Waals surface area (Å²) >= 11 is 0. The van der Waals surface area contributed by atoms with Gasteiger partial charge in [0, 0.05) is 18.2 Å². The number of nitrogens with zero attached hydrogens (tertiary/aromatic N) is 4. The molecule has 1 amide bonds. The standard InChI is InChI=1S/C16H16N6O/c23-16(20-12-6-5-11-8-17-21-14(11)7-12)13-3-1-2-4-15(13)22-9-18-19-10-22/h1-4,8-10,12H,5-7H2,(H,17,21)(H,20,23)/t12-/m1/s1. The zero-order valence-electron chi connectivity index (χ0n) is 12.4. The van der Waals surface area contributed by atoms with Crippen molar-refractivity contribution in [2.24, 2.45) is 0 Å². The smallest absolute Gasteiger partial charge is 0.253 e. The highest BCUT2D eigenvalue weighted by atomic mass is 16.1. The van der Waals surface area contributed by atoms with Gasteiger partial charge in [-0.3, -0.25) is 14.5 Å². The van der Waals surface area contributed by atoms with E-state index in [-0.39, 0.29) is 11.9 Å². The molecule has 116 valence electrons. The number of amides is 1. The fourth-order valence-electron chi connectivity index (χ4n) is 3.01. The number of aromatic nitrogens is 5. The number of fused-ring (bicyclic) bond motifs is 1. The second-order valence-corrected chi connectivity index (χ2v) is 5.67. The van der Waals surface area contributed by atoms with E-state index >= 15 is 0 Å². The Morgan fingerprint density at radius 1 is 1.26 bits per heavy atom. The summed E-state index contributed by atoms with van der Waals surface area (Å²) in [6.45, 7) is 0. The van der Waals surface area contributed by atoms with E-state index in [1.807, 2.05) is 30.5 Å². The first-order chi connectivity index (χ1) is 11.3. The molecule has 7 heteroatoms. The van der Waals surface area contributed by atoms with Crippen LogP contribution in [0.5, 0.6) is 0 Å². The number of carbonyl (C=O) groups excluding carboxylic acids is 1. The Bertz CT molecular complexity index is 823. The molecule has 3 aromatic rings. The molecule has 0 bridgehead atoms. The first-order valence-corrected chi connectivity index (χ1v) is 7.57. The lowest BCUT2D eigenvalue weighted by Gasteiger charge is -2.23. The number of aromatic amines is 1. The van der Waals surface area contributed by atoms with Crippen LogP contribution in [0.1, 0.15) is 28.0 Å². The molecule has 4 rings (SSSR count). The summed E-state index contributed by atoms with van der Waals surface area (Å²) in [5, 5.41) is 17.8. The molecular weight excluding hydrogens is 292 g/mol. The van der Waals surface area contributed by atoms with E-state index in [0.717, 1.165) is 30.6 Å². The first-order valence-electron chi connectivity index (χ1n) is 7.57. The van der Waals surface area contributed by atoms with Crippen LogP contribution in [-0.4, -0.2) is 36.9 Å². The maximum Gasteiger partial charge on any atom is 0.253 e. The summed E-state index contributed by atoms with van der Waals surface area (Å²) in [7, 11) is 0. The van der Waals surface area contributed by atoms with Gasteiger partial charge in [0.05, 0.1) is 17.4 Å². The molecule has 1 aliphatic carbocycles. The van der Waals surface area contributed by atoms with E-state index < -0.39 is 0 Å². The molecule has 1 atom stereocenters. The largest absolute Gasteiger partial charge is 0.349 e. The van der Waals surface area contributed by atoms with Gasteiger partial charge >= 0.3 is 0 Å². The highest BCUT2D eigenvalue weighted by Crippen LogP contribution is 2.20. The van der Waals surface area contributed by atoms with Crippen LogP contribution in [-0.2, 0) is 12.8 Å². The van der Waals surface area contributed by atoms with Crippen molar-refractivity contribution in [1.82, 2.24) is 30.3 Å². The van der Waals surface area contributed by atoms with Gasteiger partial charge in [0.15, 0.2) is 0 Å². The Balaban J connectivity index is 1.54. The van der Waals surface area contributed by atoms with Crippen LogP contribution in [0.4, 0.5) is 0 Å². The molecule has 1 aromatic carbocycles. The fraction of sp³-hybridized carbons (Fsp3) is 0.250. The Labute approximate surface area is 132 Å². The minimum Gasteiger partial charge on any atom is -0.349 e. The van der Waals surface area contributed by atoms with Gasteiger partial charge in [-0.05, 0) is 30.5 Å². The van der Waals surface area contributed by atoms with Crippen molar-refractivity contribution >= 4 is 5.91 Å². The minimum absolute atomic E-state index is 0.0812. The van der Waals surface area contributed by atoms with Gasteiger partial charge in [-0.1, -0.05) is 12.1 Å². The van der Waals surface area contributed by atoms with E-state index in [1.165, 1.54) is 5.56 Å². The van der Waals surface area contributed by atoms with Gasteiger partial charge in [-0.2, -0.15) is 5.10 Å². The minimum atomic E-state index is -0.0812. The second-order valence-electron chi connectivity index (χ2n) is 5.67. The Kier molecular flexibility index (Phi) is 3.38. The van der Waals surface area contributed by atoms with Gasteiger partial charge in [-0.25, -0.2) is 0 Å². The van der Waals surface area contributed by atoms with Crippen LogP contribution in [0.2, 0.25) is 0 Å². The third kappa shape index (κ3) is 2.61. The van der Waals surface area contributed by atoms with Crippen LogP contribution in [0.25, 0.3) is 5.69 Å². The van der Waals surface area contributed by atoms with Crippen molar-refractivity contribution in [1.29, 1.82) is 0 Å². The number of aryl methyl sites for hydroxylation is 1. The molecule has 0 saturated heterocycles. The molecule has 2 heterocycles. The number of hydrogen-bond acceptors (Lipinski definition) is 4. The molecule has 2 N–H and O–H groups in total. The topological polar surface area (TPSA) is 88.5 Å². The van der Waals surface area contributed by atoms with Crippen molar-refractivity contribution in [2.45, 2.75) is 25.3 Å². The number of hydrogen-bond donors (Lipinski definition) is 2. The van der Waals surface area contributed by atoms with Crippen LogP contribution in [0.3, 0.4) is 0 Å². The summed E-state index contributed by atoms with van der Waals surface area (Å²) in [5.74, 6) is -0.0812. The van der Waals surface area contributed by atoms with Crippen LogP contribution < -0.4 is 5.32 Å². The number of H-pyrrole nitrogens is 1. The number of benzene rings is 1. The Hall–Kier alpha value is -2.96. The van der Waals surface area contributed by atoms with Gasteiger partial charge in [0.25, 0.3) is 5.91 Å². The zero-order valence-corrected chi connectivity index (χ0v) is 12.4. The molecule has 23 heavy (non-hydrogen) atoms. The summed E-state index contributed by atoms with van der Waals surface area (Å²) < 4.78 is 1.74. The molecule has 0 fully saturated rings. The lowest BCUT2D eigenvalue weighted by molar-refractivity contribution is 0.0933. The Morgan fingerprint density at radius 2 is 2.09 bits per heavy atom. The molecule has 1 aliphatic rings. The number of carbonyl (C=O) groups is 1. The SMILES string of the molecule is O=C(N[C@@H]1CCc2cn[nH]c2C1)c1ccccc1-n1cnnc1. The van der Waals surface area contributed by atoms with Crippen molar-refractivity contribution < 1.29 is 4.79 Å². The third-order valence-electron chi connectivity index (χ3n) is 4.20. The van der Waals surface area contributed by atoms with Gasteiger partial charge < -0.3 is 5.32 Å². The molecule has 2 aromatic heterocycles. The van der Waals surface area contributed by atoms with Crippen molar-refractivity contribution in [3.63, 3.8) is 0 Å². The number of nitrogens with one attached hydrogen (secondary N) is 2. The van der Waals surface area contributed by atoms with E-state index in [1.54, 1.807) is 17.2 Å². The van der Waals surface area contributed by atoms with Gasteiger partial charge in [-0.15, -0.1) is 10.2 Å². The third-order valence-corrected chi connectivity index (χ3v) is 4.20. The predicted octanol–water partition coefficient (Wildman–Crippen LogP) is 1.28. The lowest BCUT2D eigenvalue weighted by atomic mass is 9.93. The molecule has 0 unspecified atom stereocenters. The fourth-order valence-corrected chi connectivity index (χ4v) is 3.01. The number of rotatable bonds is 3. The molecule has 0 saturated carbocycles. The average Bonchev–Trinajstić information content (AvgIpc) is 3.26. The van der Waals surface area contributed by atoms with E-state index in [9.17, 15) is 4.79 Å². The van der Waals surface area contributed by atoms with Crippen LogP contribution in [0, 0.1) is 0 Å². The number of para-hydroxylation sites is 1. The van der Waals surface area contributed by atoms with E-state index in [4.69, 9.17) is 0 Å². The highest BCUT2D eigenvalue weighted by molar-refractivity contribution is 5.98. The summed E-state index contributed by atoms with van der Waals surface area (Å²) in [6.07, 6.45) is 7.69. The van der Waals surface area contributed by atoms with Crippen LogP contribution >= 0.6 is 0 Å². The summed E-state index contributed by atoms with van der Waals surface area (Å²) in [4.78, 5) is 12.7. The molecule has 0 radical (unpaired) electrons. The highest BCUT2D eigenvalue weighted by Gasteiger charge is 2.23. The van der Waals surface area contributed by atoms with Crippen LogP contribution in [0.15, 0.2) is 43.1 Å². The quantitative estimate of drug-likeness (QED) is 0.763. The normalized spacial score (nSPS) is 16.8. The molecule has 0 aliphatic heterocycles. The van der Waals surface area contributed by atoms with E-state index in [0.29, 0.717) is 5.56 Å². The van der Waals surface area contributed by atoms with Crippen molar-refractivity contribution in [3.05, 3.63) is 59.9 Å². The molecule has 0 spiro atoms. The maximum absolute atomic E-state index is 12.7. The summed E-state index contributed by atoms with van der Waals surface area (Å²) in [6, 6.07) is 7.56. The summed E-state index contributed by atoms with van der Waals surface area (Å²) in [5.41, 5.74) is 3.75.